The first-order chi connectivity index (χ1) is 8.12. The van der Waals surface area contributed by atoms with Gasteiger partial charge in [-0.3, -0.25) is 4.79 Å². The molecular weight excluding hydrogens is 232 g/mol. The van der Waals surface area contributed by atoms with E-state index in [-0.39, 0.29) is 17.0 Å². The lowest BCUT2D eigenvalue weighted by Gasteiger charge is -2.44. The Balaban J connectivity index is 2.07. The molecule has 1 aromatic carbocycles. The van der Waals surface area contributed by atoms with Gasteiger partial charge in [-0.15, -0.1) is 11.8 Å². The molecule has 3 heteroatoms. The molecule has 1 aliphatic rings. The van der Waals surface area contributed by atoms with Crippen LogP contribution in [0.2, 0.25) is 0 Å². The number of aliphatic hydroxyl groups excluding tert-OH is 1. The van der Waals surface area contributed by atoms with E-state index in [0.29, 0.717) is 0 Å². The maximum Gasteiger partial charge on any atom is 0.132 e. The predicted octanol–water partition coefficient (Wildman–Crippen LogP) is 3.04. The summed E-state index contributed by atoms with van der Waals surface area (Å²) in [6, 6.07) is 10.1. The Kier molecular flexibility index (Phi) is 3.89. The van der Waals surface area contributed by atoms with Crippen molar-refractivity contribution in [1.82, 2.24) is 0 Å². The van der Waals surface area contributed by atoms with E-state index in [1.165, 1.54) is 4.90 Å². The van der Waals surface area contributed by atoms with Gasteiger partial charge < -0.3 is 5.11 Å². The average molecular weight is 250 g/mol. The highest BCUT2D eigenvalue weighted by Gasteiger charge is 2.44. The molecule has 1 aliphatic carbocycles. The number of carbonyl (C=O) groups excluding carboxylic acids is 1. The van der Waals surface area contributed by atoms with Gasteiger partial charge in [-0.25, -0.2) is 0 Å². The van der Waals surface area contributed by atoms with Crippen molar-refractivity contribution >= 4 is 17.5 Å². The van der Waals surface area contributed by atoms with Crippen LogP contribution in [0.5, 0.6) is 0 Å². The Hall–Kier alpha value is -0.800. The summed E-state index contributed by atoms with van der Waals surface area (Å²) in [7, 11) is 0. The Labute approximate surface area is 106 Å². The third-order valence-electron chi connectivity index (χ3n) is 3.35. The lowest BCUT2D eigenvalue weighted by molar-refractivity contribution is -0.119. The molecule has 2 rings (SSSR count). The van der Waals surface area contributed by atoms with E-state index in [2.05, 4.69) is 12.1 Å². The minimum atomic E-state index is -0.515. The van der Waals surface area contributed by atoms with Crippen molar-refractivity contribution in [3.05, 3.63) is 30.3 Å². The van der Waals surface area contributed by atoms with Gasteiger partial charge in [0.25, 0.3) is 0 Å². The number of hydrogen-bond donors (Lipinski definition) is 1. The molecule has 0 bridgehead atoms. The second kappa shape index (κ2) is 5.23. The molecule has 0 spiro atoms. The highest BCUT2D eigenvalue weighted by molar-refractivity contribution is 8.00. The molecule has 0 amide bonds. The van der Waals surface area contributed by atoms with Gasteiger partial charge in [0.15, 0.2) is 0 Å². The standard InChI is InChI=1S/C14H18O2S/c1-11(15)10-13(16)14(8-5-9-14)17-12-6-3-2-4-7-12/h2-4,6-7,13,16H,5,8-10H2,1H3/t13-/m1/s1. The Bertz CT molecular complexity index is 384. The van der Waals surface area contributed by atoms with E-state index < -0.39 is 6.10 Å². The number of Topliss-reactive ketones (excluding diaryl/α,β-unsaturated/α-hetero) is 1. The highest BCUT2D eigenvalue weighted by Crippen LogP contribution is 2.50. The van der Waals surface area contributed by atoms with Gasteiger partial charge in [0.2, 0.25) is 0 Å². The summed E-state index contributed by atoms with van der Waals surface area (Å²) in [5.41, 5.74) is 0. The first-order valence-corrected chi connectivity index (χ1v) is 6.86. The largest absolute Gasteiger partial charge is 0.391 e. The van der Waals surface area contributed by atoms with Crippen LogP contribution in [-0.2, 0) is 4.79 Å². The molecule has 0 aromatic heterocycles. The van der Waals surface area contributed by atoms with Gasteiger partial charge in [0, 0.05) is 16.1 Å². The molecule has 1 saturated carbocycles. The van der Waals surface area contributed by atoms with Crippen molar-refractivity contribution in [3.8, 4) is 0 Å². The van der Waals surface area contributed by atoms with Crippen LogP contribution in [0, 0.1) is 0 Å². The molecule has 17 heavy (non-hydrogen) atoms. The van der Waals surface area contributed by atoms with E-state index in [9.17, 15) is 9.90 Å². The summed E-state index contributed by atoms with van der Waals surface area (Å²) in [4.78, 5) is 12.3. The van der Waals surface area contributed by atoms with Gasteiger partial charge in [-0.05, 0) is 31.9 Å². The Morgan fingerprint density at radius 3 is 2.53 bits per heavy atom. The number of ketones is 1. The summed E-state index contributed by atoms with van der Waals surface area (Å²) >= 11 is 1.73. The summed E-state index contributed by atoms with van der Waals surface area (Å²) in [6.07, 6.45) is 2.91. The molecule has 0 heterocycles. The molecular formula is C14H18O2S. The summed E-state index contributed by atoms with van der Waals surface area (Å²) in [5, 5.41) is 10.2. The van der Waals surface area contributed by atoms with Crippen molar-refractivity contribution in [2.45, 2.75) is 48.4 Å². The van der Waals surface area contributed by atoms with Crippen LogP contribution >= 0.6 is 11.8 Å². The monoisotopic (exact) mass is 250 g/mol. The second-order valence-corrected chi connectivity index (χ2v) is 6.24. The van der Waals surface area contributed by atoms with Crippen LogP contribution in [0.1, 0.15) is 32.6 Å². The number of benzene rings is 1. The number of rotatable bonds is 5. The lowest BCUT2D eigenvalue weighted by Crippen LogP contribution is -2.46. The van der Waals surface area contributed by atoms with Crippen LogP contribution < -0.4 is 0 Å². The van der Waals surface area contributed by atoms with E-state index in [1.54, 1.807) is 18.7 Å². The predicted molar refractivity (Wildman–Crippen MR) is 70.2 cm³/mol. The van der Waals surface area contributed by atoms with Crippen LogP contribution in [-0.4, -0.2) is 21.7 Å². The topological polar surface area (TPSA) is 37.3 Å². The van der Waals surface area contributed by atoms with Crippen molar-refractivity contribution in [1.29, 1.82) is 0 Å². The quantitative estimate of drug-likeness (QED) is 0.872. The van der Waals surface area contributed by atoms with Crippen LogP contribution in [0.25, 0.3) is 0 Å². The first-order valence-electron chi connectivity index (χ1n) is 6.04. The van der Waals surface area contributed by atoms with Gasteiger partial charge in [0.05, 0.1) is 6.10 Å². The zero-order valence-corrected chi connectivity index (χ0v) is 10.9. The normalized spacial score (nSPS) is 19.4. The number of thioether (sulfide) groups is 1. The average Bonchev–Trinajstić information content (AvgIpc) is 2.23. The Morgan fingerprint density at radius 1 is 1.41 bits per heavy atom. The molecule has 2 nitrogen and oxygen atoms in total. The maximum atomic E-state index is 11.1. The van der Waals surface area contributed by atoms with Crippen LogP contribution in [0.3, 0.4) is 0 Å². The van der Waals surface area contributed by atoms with Crippen LogP contribution in [0.4, 0.5) is 0 Å². The zero-order chi connectivity index (χ0) is 12.3. The molecule has 0 unspecified atom stereocenters. The number of aliphatic hydroxyl groups is 1. The fourth-order valence-corrected chi connectivity index (χ4v) is 3.68. The third-order valence-corrected chi connectivity index (χ3v) is 4.95. The number of hydrogen-bond acceptors (Lipinski definition) is 3. The van der Waals surface area contributed by atoms with Gasteiger partial charge in [0.1, 0.15) is 5.78 Å². The molecule has 0 radical (unpaired) electrons. The summed E-state index contributed by atoms with van der Waals surface area (Å²) < 4.78 is -0.132. The SMILES string of the molecule is CC(=O)C[C@@H](O)C1(Sc2ccccc2)CCC1. The smallest absolute Gasteiger partial charge is 0.132 e. The minimum absolute atomic E-state index is 0.0671. The molecule has 92 valence electrons. The second-order valence-electron chi connectivity index (χ2n) is 4.76. The van der Waals surface area contributed by atoms with E-state index >= 15 is 0 Å². The fourth-order valence-electron chi connectivity index (χ4n) is 2.21. The highest BCUT2D eigenvalue weighted by atomic mass is 32.2. The van der Waals surface area contributed by atoms with Crippen molar-refractivity contribution in [3.63, 3.8) is 0 Å². The molecule has 1 fully saturated rings. The van der Waals surface area contributed by atoms with Gasteiger partial charge in [-0.2, -0.15) is 0 Å². The maximum absolute atomic E-state index is 11.1. The zero-order valence-electron chi connectivity index (χ0n) is 10.1. The molecule has 0 aliphatic heterocycles. The van der Waals surface area contributed by atoms with Crippen LogP contribution in [0.15, 0.2) is 35.2 Å². The Morgan fingerprint density at radius 2 is 2.06 bits per heavy atom. The van der Waals surface area contributed by atoms with Crippen molar-refractivity contribution in [2.75, 3.05) is 0 Å². The molecule has 1 aromatic rings. The summed E-state index contributed by atoms with van der Waals surface area (Å²) in [6.45, 7) is 1.54. The first kappa shape index (κ1) is 12.7. The number of carbonyl (C=O) groups is 1. The van der Waals surface area contributed by atoms with Crippen molar-refractivity contribution < 1.29 is 9.90 Å². The van der Waals surface area contributed by atoms with Gasteiger partial charge in [-0.1, -0.05) is 24.6 Å². The molecule has 0 saturated heterocycles. The van der Waals surface area contributed by atoms with E-state index in [1.807, 2.05) is 18.2 Å². The lowest BCUT2D eigenvalue weighted by atomic mass is 9.78. The minimum Gasteiger partial charge on any atom is -0.391 e. The fraction of sp³-hybridized carbons (Fsp3) is 0.500. The van der Waals surface area contributed by atoms with E-state index in [4.69, 9.17) is 0 Å². The van der Waals surface area contributed by atoms with E-state index in [0.717, 1.165) is 19.3 Å². The molecule has 1 atom stereocenters. The van der Waals surface area contributed by atoms with Gasteiger partial charge >= 0.3 is 0 Å². The van der Waals surface area contributed by atoms with Crippen molar-refractivity contribution in [2.24, 2.45) is 0 Å². The molecule has 1 N–H and O–H groups in total. The third kappa shape index (κ3) is 2.90. The summed E-state index contributed by atoms with van der Waals surface area (Å²) in [5.74, 6) is 0.0671.